The van der Waals surface area contributed by atoms with Crippen molar-refractivity contribution in [3.05, 3.63) is 77.5 Å². The van der Waals surface area contributed by atoms with Crippen LogP contribution in [0.2, 0.25) is 0 Å². The lowest BCUT2D eigenvalue weighted by molar-refractivity contribution is 1.15. The zero-order valence-corrected chi connectivity index (χ0v) is 11.4. The van der Waals surface area contributed by atoms with Crippen molar-refractivity contribution in [2.75, 3.05) is 0 Å². The zero-order chi connectivity index (χ0) is 13.5. The lowest BCUT2D eigenvalue weighted by Crippen LogP contribution is -1.94. The van der Waals surface area contributed by atoms with Crippen LogP contribution in [0.25, 0.3) is 22.4 Å². The van der Waals surface area contributed by atoms with Crippen molar-refractivity contribution < 1.29 is 0 Å². The van der Waals surface area contributed by atoms with Crippen LogP contribution < -0.4 is 0 Å². The fourth-order valence-electron chi connectivity index (χ4n) is 3.08. The third-order valence-corrected chi connectivity index (χ3v) is 3.97. The minimum atomic E-state index is 0.989. The van der Waals surface area contributed by atoms with Gasteiger partial charge in [0.2, 0.25) is 0 Å². The second-order valence-electron chi connectivity index (χ2n) is 5.34. The van der Waals surface area contributed by atoms with E-state index in [-0.39, 0.29) is 0 Å². The van der Waals surface area contributed by atoms with Gasteiger partial charge in [-0.15, -0.1) is 0 Å². The lowest BCUT2D eigenvalue weighted by Gasteiger charge is -2.09. The first-order valence-electron chi connectivity index (χ1n) is 6.97. The molecule has 0 atom stereocenters. The van der Waals surface area contributed by atoms with Gasteiger partial charge < -0.3 is 0 Å². The number of rotatable bonds is 1. The highest BCUT2D eigenvalue weighted by atomic mass is 14.7. The van der Waals surface area contributed by atoms with Crippen molar-refractivity contribution in [3.63, 3.8) is 0 Å². The highest BCUT2D eigenvalue weighted by molar-refractivity contribution is 5.83. The van der Waals surface area contributed by atoms with Crippen LogP contribution in [0.5, 0.6) is 0 Å². The number of benzene rings is 2. The smallest absolute Gasteiger partial charge is 0.0746 e. The number of aromatic nitrogens is 1. The maximum Gasteiger partial charge on any atom is 0.0746 e. The van der Waals surface area contributed by atoms with Gasteiger partial charge in [0.1, 0.15) is 0 Å². The van der Waals surface area contributed by atoms with Crippen LogP contribution in [0.3, 0.4) is 0 Å². The summed E-state index contributed by atoms with van der Waals surface area (Å²) >= 11 is 0. The van der Waals surface area contributed by atoms with Crippen LogP contribution in [-0.4, -0.2) is 4.98 Å². The maximum atomic E-state index is 4.80. The Kier molecular flexibility index (Phi) is 2.46. The second-order valence-corrected chi connectivity index (χ2v) is 5.34. The van der Waals surface area contributed by atoms with Crippen molar-refractivity contribution in [1.82, 2.24) is 4.98 Å². The molecule has 3 aromatic rings. The van der Waals surface area contributed by atoms with Gasteiger partial charge >= 0.3 is 0 Å². The molecule has 0 bridgehead atoms. The Bertz CT molecular complexity index is 788. The predicted octanol–water partition coefficient (Wildman–Crippen LogP) is 4.63. The Morgan fingerprint density at radius 2 is 1.60 bits per heavy atom. The molecule has 1 aromatic heterocycles. The summed E-state index contributed by atoms with van der Waals surface area (Å²) < 4.78 is 0. The molecule has 0 fully saturated rings. The van der Waals surface area contributed by atoms with Gasteiger partial charge in [-0.3, -0.25) is 4.98 Å². The molecule has 0 N–H and O–H groups in total. The molecule has 1 heterocycles. The van der Waals surface area contributed by atoms with Gasteiger partial charge in [0.15, 0.2) is 0 Å². The average Bonchev–Trinajstić information content (AvgIpc) is 2.86. The third kappa shape index (κ3) is 1.67. The van der Waals surface area contributed by atoms with E-state index in [4.69, 9.17) is 4.98 Å². The SMILES string of the molecule is Cc1cc2c(c(-c3ccccc3)n1)Cc1ccccc1-2. The van der Waals surface area contributed by atoms with Crippen molar-refractivity contribution in [2.45, 2.75) is 13.3 Å². The van der Waals surface area contributed by atoms with E-state index in [2.05, 4.69) is 61.5 Å². The van der Waals surface area contributed by atoms with Crippen LogP contribution in [0.1, 0.15) is 16.8 Å². The quantitative estimate of drug-likeness (QED) is 0.484. The number of aryl methyl sites for hydroxylation is 1. The first kappa shape index (κ1) is 11.4. The molecule has 0 radical (unpaired) electrons. The van der Waals surface area contributed by atoms with E-state index in [9.17, 15) is 0 Å². The molecule has 4 rings (SSSR count). The largest absolute Gasteiger partial charge is 0.253 e. The highest BCUT2D eigenvalue weighted by Crippen LogP contribution is 2.40. The van der Waals surface area contributed by atoms with Gasteiger partial charge in [0, 0.05) is 17.7 Å². The van der Waals surface area contributed by atoms with E-state index in [0.717, 1.165) is 17.8 Å². The molecule has 1 aliphatic rings. The first-order valence-corrected chi connectivity index (χ1v) is 6.97. The molecule has 96 valence electrons. The summed E-state index contributed by atoms with van der Waals surface area (Å²) in [5.41, 5.74) is 8.92. The summed E-state index contributed by atoms with van der Waals surface area (Å²) in [5.74, 6) is 0. The van der Waals surface area contributed by atoms with Gasteiger partial charge in [0.05, 0.1) is 5.69 Å². The molecule has 1 nitrogen and oxygen atoms in total. The topological polar surface area (TPSA) is 12.9 Å². The van der Waals surface area contributed by atoms with Gasteiger partial charge in [-0.25, -0.2) is 0 Å². The molecular formula is C19H15N. The Balaban J connectivity index is 1.99. The summed E-state index contributed by atoms with van der Waals surface area (Å²) in [7, 11) is 0. The Morgan fingerprint density at radius 1 is 0.850 bits per heavy atom. The van der Waals surface area contributed by atoms with E-state index < -0.39 is 0 Å². The lowest BCUT2D eigenvalue weighted by atomic mass is 10.0. The number of fused-ring (bicyclic) bond motifs is 3. The molecule has 0 amide bonds. The maximum absolute atomic E-state index is 4.80. The summed E-state index contributed by atoms with van der Waals surface area (Å²) in [5, 5.41) is 0. The van der Waals surface area contributed by atoms with E-state index in [1.54, 1.807) is 0 Å². The van der Waals surface area contributed by atoms with Crippen LogP contribution in [-0.2, 0) is 6.42 Å². The summed E-state index contributed by atoms with van der Waals surface area (Å²) in [6, 6.07) is 21.4. The van der Waals surface area contributed by atoms with Gasteiger partial charge in [-0.2, -0.15) is 0 Å². The van der Waals surface area contributed by atoms with Crippen LogP contribution in [0.15, 0.2) is 60.7 Å². The van der Waals surface area contributed by atoms with E-state index in [1.807, 2.05) is 6.07 Å². The average molecular weight is 257 g/mol. The molecule has 0 aliphatic heterocycles. The van der Waals surface area contributed by atoms with Crippen LogP contribution >= 0.6 is 0 Å². The summed E-state index contributed by atoms with van der Waals surface area (Å²) in [6.45, 7) is 2.08. The van der Waals surface area contributed by atoms with Crippen molar-refractivity contribution in [1.29, 1.82) is 0 Å². The van der Waals surface area contributed by atoms with Gasteiger partial charge in [0.25, 0.3) is 0 Å². The molecule has 20 heavy (non-hydrogen) atoms. The monoisotopic (exact) mass is 257 g/mol. The third-order valence-electron chi connectivity index (χ3n) is 3.97. The van der Waals surface area contributed by atoms with Crippen molar-refractivity contribution >= 4 is 0 Å². The number of hydrogen-bond acceptors (Lipinski definition) is 1. The number of hydrogen-bond donors (Lipinski definition) is 0. The molecule has 1 aliphatic carbocycles. The van der Waals surface area contributed by atoms with E-state index in [1.165, 1.54) is 27.8 Å². The number of nitrogens with zero attached hydrogens (tertiary/aromatic N) is 1. The minimum Gasteiger partial charge on any atom is -0.253 e. The highest BCUT2D eigenvalue weighted by Gasteiger charge is 2.22. The van der Waals surface area contributed by atoms with Crippen LogP contribution in [0.4, 0.5) is 0 Å². The van der Waals surface area contributed by atoms with E-state index in [0.29, 0.717) is 0 Å². The molecule has 0 spiro atoms. The molecule has 2 aromatic carbocycles. The summed E-state index contributed by atoms with van der Waals surface area (Å²) in [4.78, 5) is 4.80. The molecule has 0 saturated heterocycles. The molecule has 0 unspecified atom stereocenters. The fourth-order valence-corrected chi connectivity index (χ4v) is 3.08. The Labute approximate surface area is 118 Å². The number of pyridine rings is 1. The zero-order valence-electron chi connectivity index (χ0n) is 11.4. The van der Waals surface area contributed by atoms with E-state index >= 15 is 0 Å². The second kappa shape index (κ2) is 4.31. The van der Waals surface area contributed by atoms with Gasteiger partial charge in [-0.1, -0.05) is 54.6 Å². The minimum absolute atomic E-state index is 0.989. The normalized spacial score (nSPS) is 12.1. The fraction of sp³-hybridized carbons (Fsp3) is 0.105. The Hall–Kier alpha value is -2.41. The van der Waals surface area contributed by atoms with Crippen LogP contribution in [0, 0.1) is 6.92 Å². The van der Waals surface area contributed by atoms with Gasteiger partial charge in [-0.05, 0) is 35.2 Å². The van der Waals surface area contributed by atoms with Crippen molar-refractivity contribution in [3.8, 4) is 22.4 Å². The first-order chi connectivity index (χ1) is 9.83. The van der Waals surface area contributed by atoms with Crippen molar-refractivity contribution in [2.24, 2.45) is 0 Å². The molecular weight excluding hydrogens is 242 g/mol. The molecule has 1 heteroatoms. The molecule has 0 saturated carbocycles. The Morgan fingerprint density at radius 3 is 2.45 bits per heavy atom. The predicted molar refractivity (Wildman–Crippen MR) is 82.7 cm³/mol. The standard InChI is InChI=1S/C19H15N/c1-13-11-17-16-10-6-5-9-15(16)12-18(17)19(20-13)14-7-3-2-4-8-14/h2-11H,12H2,1H3. The summed E-state index contributed by atoms with van der Waals surface area (Å²) in [6.07, 6.45) is 0.989.